The highest BCUT2D eigenvalue weighted by Gasteiger charge is 2.26. The van der Waals surface area contributed by atoms with Crippen LogP contribution in [0.3, 0.4) is 0 Å². The van der Waals surface area contributed by atoms with Gasteiger partial charge in [-0.05, 0) is 43.7 Å². The standard InChI is InChI=1S/C19H27N3O2/c20-14-16-7-3-4-12-21(16)18(23)9-5-13-22-17-8-2-1-6-15(17)10-11-19(22)24/h1-2,6,8,16H,3-5,7,9-14,20H2/t16-/m0/s1. The van der Waals surface area contributed by atoms with Gasteiger partial charge in [0.25, 0.3) is 0 Å². The Labute approximate surface area is 143 Å². The summed E-state index contributed by atoms with van der Waals surface area (Å²) in [5.41, 5.74) is 8.04. The minimum atomic E-state index is 0.166. The van der Waals surface area contributed by atoms with Gasteiger partial charge < -0.3 is 15.5 Å². The molecule has 2 amide bonds. The molecule has 0 aromatic heterocycles. The highest BCUT2D eigenvalue weighted by molar-refractivity contribution is 5.96. The van der Waals surface area contributed by atoms with Gasteiger partial charge in [0, 0.05) is 44.2 Å². The molecule has 2 aliphatic heterocycles. The molecular weight excluding hydrogens is 302 g/mol. The molecule has 130 valence electrons. The lowest BCUT2D eigenvalue weighted by atomic mass is 10.00. The van der Waals surface area contributed by atoms with E-state index >= 15 is 0 Å². The number of aryl methyl sites for hydroxylation is 1. The van der Waals surface area contributed by atoms with Gasteiger partial charge in [0.1, 0.15) is 0 Å². The number of likely N-dealkylation sites (tertiary alicyclic amines) is 1. The third-order valence-corrected chi connectivity index (χ3v) is 5.18. The highest BCUT2D eigenvalue weighted by atomic mass is 16.2. The Morgan fingerprint density at radius 1 is 1.21 bits per heavy atom. The fourth-order valence-electron chi connectivity index (χ4n) is 3.85. The van der Waals surface area contributed by atoms with E-state index < -0.39 is 0 Å². The molecule has 2 N–H and O–H groups in total. The third-order valence-electron chi connectivity index (χ3n) is 5.18. The predicted molar refractivity (Wildman–Crippen MR) is 94.8 cm³/mol. The quantitative estimate of drug-likeness (QED) is 0.899. The maximum Gasteiger partial charge on any atom is 0.227 e. The van der Waals surface area contributed by atoms with E-state index in [4.69, 9.17) is 5.73 Å². The van der Waals surface area contributed by atoms with Crippen LogP contribution in [0.1, 0.15) is 44.1 Å². The van der Waals surface area contributed by atoms with Crippen LogP contribution < -0.4 is 10.6 Å². The molecule has 5 nitrogen and oxygen atoms in total. The summed E-state index contributed by atoms with van der Waals surface area (Å²) in [4.78, 5) is 28.6. The van der Waals surface area contributed by atoms with Gasteiger partial charge in [-0.25, -0.2) is 0 Å². The largest absolute Gasteiger partial charge is 0.338 e. The van der Waals surface area contributed by atoms with Crippen LogP contribution >= 0.6 is 0 Å². The SMILES string of the molecule is NC[C@@H]1CCCCN1C(=O)CCCN1C(=O)CCc2ccccc21. The van der Waals surface area contributed by atoms with Gasteiger partial charge in [0.15, 0.2) is 0 Å². The monoisotopic (exact) mass is 329 g/mol. The number of fused-ring (bicyclic) bond motifs is 1. The second-order valence-corrected chi connectivity index (χ2v) is 6.75. The van der Waals surface area contributed by atoms with Crippen molar-refractivity contribution in [2.75, 3.05) is 24.5 Å². The van der Waals surface area contributed by atoms with Crippen LogP contribution in [0.2, 0.25) is 0 Å². The number of hydrogen-bond acceptors (Lipinski definition) is 3. The average Bonchev–Trinajstić information content (AvgIpc) is 2.63. The number of anilines is 1. The van der Waals surface area contributed by atoms with E-state index in [1.54, 1.807) is 0 Å². The molecule has 0 radical (unpaired) electrons. The van der Waals surface area contributed by atoms with Crippen molar-refractivity contribution in [2.24, 2.45) is 5.73 Å². The lowest BCUT2D eigenvalue weighted by Crippen LogP contribution is -2.47. The van der Waals surface area contributed by atoms with Gasteiger partial charge in [0.05, 0.1) is 0 Å². The lowest BCUT2D eigenvalue weighted by molar-refractivity contribution is -0.134. The molecule has 1 aromatic carbocycles. The van der Waals surface area contributed by atoms with Crippen molar-refractivity contribution in [3.63, 3.8) is 0 Å². The van der Waals surface area contributed by atoms with Crippen LogP contribution in [-0.4, -0.2) is 42.4 Å². The van der Waals surface area contributed by atoms with Crippen molar-refractivity contribution in [1.82, 2.24) is 4.90 Å². The Hall–Kier alpha value is -1.88. The van der Waals surface area contributed by atoms with E-state index in [-0.39, 0.29) is 17.9 Å². The van der Waals surface area contributed by atoms with Crippen molar-refractivity contribution in [1.29, 1.82) is 0 Å². The van der Waals surface area contributed by atoms with E-state index in [0.717, 1.165) is 37.9 Å². The van der Waals surface area contributed by atoms with Gasteiger partial charge in [-0.2, -0.15) is 0 Å². The van der Waals surface area contributed by atoms with Crippen molar-refractivity contribution in [2.45, 2.75) is 51.0 Å². The number of benzene rings is 1. The minimum Gasteiger partial charge on any atom is -0.338 e. The maximum atomic E-state index is 12.5. The lowest BCUT2D eigenvalue weighted by Gasteiger charge is -2.35. The molecule has 2 heterocycles. The number of para-hydroxylation sites is 1. The Morgan fingerprint density at radius 3 is 2.88 bits per heavy atom. The van der Waals surface area contributed by atoms with Crippen molar-refractivity contribution < 1.29 is 9.59 Å². The molecule has 3 rings (SSSR count). The van der Waals surface area contributed by atoms with Gasteiger partial charge in [-0.3, -0.25) is 9.59 Å². The first-order valence-corrected chi connectivity index (χ1v) is 9.08. The first kappa shape index (κ1) is 17.0. The van der Waals surface area contributed by atoms with Crippen LogP contribution in [0, 0.1) is 0 Å². The summed E-state index contributed by atoms with van der Waals surface area (Å²) in [5.74, 6) is 0.349. The Bertz CT molecular complexity index is 602. The molecule has 0 saturated carbocycles. The zero-order valence-corrected chi connectivity index (χ0v) is 14.2. The molecule has 0 aliphatic carbocycles. The van der Waals surface area contributed by atoms with E-state index in [1.165, 1.54) is 5.56 Å². The molecule has 1 aromatic rings. The normalized spacial score (nSPS) is 20.9. The molecule has 24 heavy (non-hydrogen) atoms. The Kier molecular flexibility index (Phi) is 5.51. The van der Waals surface area contributed by atoms with Crippen LogP contribution in [0.5, 0.6) is 0 Å². The summed E-state index contributed by atoms with van der Waals surface area (Å²) in [7, 11) is 0. The molecule has 1 fully saturated rings. The van der Waals surface area contributed by atoms with Crippen LogP contribution in [0.4, 0.5) is 5.69 Å². The van der Waals surface area contributed by atoms with E-state index in [1.807, 2.05) is 28.0 Å². The molecule has 0 bridgehead atoms. The van der Waals surface area contributed by atoms with Crippen LogP contribution in [0.25, 0.3) is 0 Å². The van der Waals surface area contributed by atoms with Crippen molar-refractivity contribution in [3.05, 3.63) is 29.8 Å². The summed E-state index contributed by atoms with van der Waals surface area (Å²) in [6.45, 7) is 1.98. The summed E-state index contributed by atoms with van der Waals surface area (Å²) in [5, 5.41) is 0. The molecule has 1 atom stereocenters. The Balaban J connectivity index is 1.56. The molecule has 0 spiro atoms. The van der Waals surface area contributed by atoms with E-state index in [0.29, 0.717) is 32.4 Å². The fourth-order valence-corrected chi connectivity index (χ4v) is 3.85. The number of carbonyl (C=O) groups is 2. The molecular formula is C19H27N3O2. The first-order chi connectivity index (χ1) is 11.7. The number of nitrogens with two attached hydrogens (primary N) is 1. The van der Waals surface area contributed by atoms with Gasteiger partial charge in [-0.1, -0.05) is 18.2 Å². The summed E-state index contributed by atoms with van der Waals surface area (Å²) >= 11 is 0. The zero-order valence-electron chi connectivity index (χ0n) is 14.2. The number of piperidine rings is 1. The molecule has 0 unspecified atom stereocenters. The van der Waals surface area contributed by atoms with Gasteiger partial charge >= 0.3 is 0 Å². The molecule has 1 saturated heterocycles. The minimum absolute atomic E-state index is 0.166. The second-order valence-electron chi connectivity index (χ2n) is 6.75. The number of hydrogen-bond donors (Lipinski definition) is 1. The topological polar surface area (TPSA) is 66.6 Å². The second kappa shape index (κ2) is 7.79. The summed E-state index contributed by atoms with van der Waals surface area (Å²) in [6.07, 6.45) is 5.81. The van der Waals surface area contributed by atoms with Crippen LogP contribution in [0.15, 0.2) is 24.3 Å². The van der Waals surface area contributed by atoms with E-state index in [9.17, 15) is 9.59 Å². The van der Waals surface area contributed by atoms with Crippen molar-refractivity contribution in [3.8, 4) is 0 Å². The third kappa shape index (κ3) is 3.61. The van der Waals surface area contributed by atoms with E-state index in [2.05, 4.69) is 6.07 Å². The molecule has 2 aliphatic rings. The van der Waals surface area contributed by atoms with Crippen LogP contribution in [-0.2, 0) is 16.0 Å². The smallest absolute Gasteiger partial charge is 0.227 e. The van der Waals surface area contributed by atoms with Crippen molar-refractivity contribution >= 4 is 17.5 Å². The zero-order chi connectivity index (χ0) is 16.9. The van der Waals surface area contributed by atoms with Gasteiger partial charge in [-0.15, -0.1) is 0 Å². The van der Waals surface area contributed by atoms with Gasteiger partial charge in [0.2, 0.25) is 11.8 Å². The maximum absolute atomic E-state index is 12.5. The number of amides is 2. The number of carbonyl (C=O) groups excluding carboxylic acids is 2. The highest BCUT2D eigenvalue weighted by Crippen LogP contribution is 2.27. The fraction of sp³-hybridized carbons (Fsp3) is 0.579. The predicted octanol–water partition coefficient (Wildman–Crippen LogP) is 2.09. The first-order valence-electron chi connectivity index (χ1n) is 9.08. The summed E-state index contributed by atoms with van der Waals surface area (Å²) in [6, 6.07) is 8.26. The average molecular weight is 329 g/mol. The molecule has 5 heteroatoms. The number of nitrogens with zero attached hydrogens (tertiary/aromatic N) is 2. The number of rotatable bonds is 5. The Morgan fingerprint density at radius 2 is 2.04 bits per heavy atom. The summed E-state index contributed by atoms with van der Waals surface area (Å²) < 4.78 is 0.